The van der Waals surface area contributed by atoms with Gasteiger partial charge in [-0.25, -0.2) is 13.2 Å². The Bertz CT molecular complexity index is 1540. The normalized spacial score (nSPS) is 13.2. The zero-order valence-electron chi connectivity index (χ0n) is 24.2. The van der Waals surface area contributed by atoms with Crippen LogP contribution in [0.2, 0.25) is 0 Å². The van der Waals surface area contributed by atoms with Gasteiger partial charge in [-0.1, -0.05) is 18.2 Å². The maximum absolute atomic E-state index is 14.4. The first-order chi connectivity index (χ1) is 20.7. The summed E-state index contributed by atoms with van der Waals surface area (Å²) in [5, 5.41) is 6.44. The molecule has 0 atom stereocenters. The van der Waals surface area contributed by atoms with Crippen LogP contribution < -0.4 is 21.1 Å². The second kappa shape index (κ2) is 14.5. The zero-order chi connectivity index (χ0) is 30.8. The predicted octanol–water partition coefficient (Wildman–Crippen LogP) is 6.50. The summed E-state index contributed by atoms with van der Waals surface area (Å²) in [5.41, 5.74) is 9.59. The number of aromatic nitrogens is 1. The van der Waals surface area contributed by atoms with Gasteiger partial charge in [0, 0.05) is 36.1 Å². The minimum Gasteiger partial charge on any atom is -0.497 e. The zero-order valence-corrected chi connectivity index (χ0v) is 24.2. The molecule has 1 aliphatic rings. The topological polar surface area (TPSA) is 89.3 Å². The number of amides is 1. The highest BCUT2D eigenvalue weighted by molar-refractivity contribution is 5.95. The molecular formula is C34H35F3N4O2. The molecule has 1 saturated carbocycles. The van der Waals surface area contributed by atoms with Crippen molar-refractivity contribution in [2.24, 2.45) is 5.73 Å². The van der Waals surface area contributed by atoms with Gasteiger partial charge < -0.3 is 21.1 Å². The number of aryl methyl sites for hydroxylation is 1. The maximum Gasteiger partial charge on any atom is 0.254 e. The third-order valence-electron chi connectivity index (χ3n) is 7.07. The number of nitrogens with one attached hydrogen (secondary N) is 2. The van der Waals surface area contributed by atoms with Crippen molar-refractivity contribution in [3.63, 3.8) is 0 Å². The van der Waals surface area contributed by atoms with Crippen molar-refractivity contribution >= 4 is 12.0 Å². The molecule has 1 amide bonds. The number of pyridine rings is 1. The Morgan fingerprint density at radius 3 is 2.42 bits per heavy atom. The molecule has 0 saturated heterocycles. The molecule has 0 radical (unpaired) electrons. The molecule has 0 bridgehead atoms. The molecule has 224 valence electrons. The Hall–Kier alpha value is -4.63. The molecule has 1 heterocycles. The SMILES string of the molecule is COc1cccc(C2(NCCCNC(=O)c3cc(-c4cncc(/C=C\N)c4)ccc3F)CC2)c1.Cc1cc(F)cc(F)c1. The number of nitrogens with two attached hydrogens (primary N) is 1. The summed E-state index contributed by atoms with van der Waals surface area (Å²) in [4.78, 5) is 16.8. The van der Waals surface area contributed by atoms with Crippen LogP contribution in [0.3, 0.4) is 0 Å². The monoisotopic (exact) mass is 588 g/mol. The Balaban J connectivity index is 0.000000403. The molecule has 1 fully saturated rings. The van der Waals surface area contributed by atoms with E-state index in [-0.39, 0.29) is 11.1 Å². The van der Waals surface area contributed by atoms with Crippen LogP contribution in [0.1, 0.15) is 46.3 Å². The van der Waals surface area contributed by atoms with Crippen molar-refractivity contribution < 1.29 is 22.7 Å². The molecule has 3 aromatic carbocycles. The molecule has 5 rings (SSSR count). The predicted molar refractivity (Wildman–Crippen MR) is 163 cm³/mol. The van der Waals surface area contributed by atoms with E-state index in [1.807, 2.05) is 18.2 Å². The van der Waals surface area contributed by atoms with Crippen LogP contribution in [-0.4, -0.2) is 31.1 Å². The number of benzene rings is 3. The van der Waals surface area contributed by atoms with Gasteiger partial charge in [0.1, 0.15) is 23.2 Å². The van der Waals surface area contributed by atoms with E-state index in [4.69, 9.17) is 10.5 Å². The Labute approximate surface area is 249 Å². The van der Waals surface area contributed by atoms with Gasteiger partial charge in [0.25, 0.3) is 5.91 Å². The number of nitrogens with zero attached hydrogens (tertiary/aromatic N) is 1. The van der Waals surface area contributed by atoms with E-state index in [1.165, 1.54) is 30.0 Å². The molecule has 9 heteroatoms. The molecule has 4 aromatic rings. The van der Waals surface area contributed by atoms with Crippen LogP contribution in [-0.2, 0) is 5.54 Å². The lowest BCUT2D eigenvalue weighted by Gasteiger charge is -2.19. The maximum atomic E-state index is 14.4. The fraction of sp³-hybridized carbons (Fsp3) is 0.235. The number of methoxy groups -OCH3 is 1. The average molecular weight is 589 g/mol. The first kappa shape index (κ1) is 31.3. The molecule has 6 nitrogen and oxygen atoms in total. The van der Waals surface area contributed by atoms with Crippen molar-refractivity contribution in [2.45, 2.75) is 31.7 Å². The molecule has 4 N–H and O–H groups in total. The number of ether oxygens (including phenoxy) is 1. The van der Waals surface area contributed by atoms with Gasteiger partial charge in [-0.15, -0.1) is 0 Å². The van der Waals surface area contributed by atoms with Gasteiger partial charge in [0.15, 0.2) is 0 Å². The quantitative estimate of drug-likeness (QED) is 0.184. The minimum atomic E-state index is -0.555. The summed E-state index contributed by atoms with van der Waals surface area (Å²) in [6.45, 7) is 2.83. The lowest BCUT2D eigenvalue weighted by Crippen LogP contribution is -2.33. The third-order valence-corrected chi connectivity index (χ3v) is 7.07. The Morgan fingerprint density at radius 1 is 0.977 bits per heavy atom. The lowest BCUT2D eigenvalue weighted by molar-refractivity contribution is 0.0949. The van der Waals surface area contributed by atoms with Gasteiger partial charge in [-0.05, 0) is 110 Å². The second-order valence-electron chi connectivity index (χ2n) is 10.4. The fourth-order valence-electron chi connectivity index (χ4n) is 4.71. The molecule has 43 heavy (non-hydrogen) atoms. The van der Waals surface area contributed by atoms with E-state index in [1.54, 1.807) is 44.6 Å². The second-order valence-corrected chi connectivity index (χ2v) is 10.4. The molecule has 0 spiro atoms. The van der Waals surface area contributed by atoms with Crippen LogP contribution in [0.4, 0.5) is 13.2 Å². The summed E-state index contributed by atoms with van der Waals surface area (Å²) < 4.78 is 44.1. The van der Waals surface area contributed by atoms with E-state index >= 15 is 0 Å². The number of halogens is 3. The molecule has 0 aliphatic heterocycles. The first-order valence-corrected chi connectivity index (χ1v) is 14.0. The highest BCUT2D eigenvalue weighted by Crippen LogP contribution is 2.46. The number of rotatable bonds is 10. The smallest absolute Gasteiger partial charge is 0.254 e. The van der Waals surface area contributed by atoms with E-state index in [0.29, 0.717) is 17.7 Å². The minimum absolute atomic E-state index is 0.0132. The number of carbonyl (C=O) groups excluding carboxylic acids is 1. The molecule has 1 aromatic heterocycles. The van der Waals surface area contributed by atoms with Crippen LogP contribution in [0.25, 0.3) is 17.2 Å². The van der Waals surface area contributed by atoms with Gasteiger partial charge in [0.2, 0.25) is 0 Å². The first-order valence-electron chi connectivity index (χ1n) is 14.0. The van der Waals surface area contributed by atoms with E-state index in [9.17, 15) is 18.0 Å². The Kier molecular flexibility index (Phi) is 10.6. The Morgan fingerprint density at radius 2 is 1.74 bits per heavy atom. The van der Waals surface area contributed by atoms with E-state index in [0.717, 1.165) is 48.8 Å². The summed E-state index contributed by atoms with van der Waals surface area (Å²) in [5.74, 6) is -1.18. The van der Waals surface area contributed by atoms with Crippen molar-refractivity contribution in [3.05, 3.63) is 125 Å². The van der Waals surface area contributed by atoms with Crippen molar-refractivity contribution in [1.29, 1.82) is 0 Å². The van der Waals surface area contributed by atoms with Crippen molar-refractivity contribution in [1.82, 2.24) is 15.6 Å². The van der Waals surface area contributed by atoms with Crippen molar-refractivity contribution in [3.8, 4) is 16.9 Å². The lowest BCUT2D eigenvalue weighted by atomic mass is 10.0. The summed E-state index contributed by atoms with van der Waals surface area (Å²) in [7, 11) is 1.67. The summed E-state index contributed by atoms with van der Waals surface area (Å²) in [6.07, 6.45) is 9.38. The van der Waals surface area contributed by atoms with Crippen LogP contribution in [0.15, 0.2) is 85.3 Å². The highest BCUT2D eigenvalue weighted by atomic mass is 19.1. The third kappa shape index (κ3) is 8.68. The highest BCUT2D eigenvalue weighted by Gasteiger charge is 2.43. The van der Waals surface area contributed by atoms with Crippen LogP contribution in [0, 0.1) is 24.4 Å². The summed E-state index contributed by atoms with van der Waals surface area (Å²) >= 11 is 0. The average Bonchev–Trinajstić information content (AvgIpc) is 3.78. The van der Waals surface area contributed by atoms with Gasteiger partial charge in [-0.3, -0.25) is 9.78 Å². The number of hydrogen-bond donors (Lipinski definition) is 3. The molecule has 0 unspecified atom stereocenters. The number of hydrogen-bond acceptors (Lipinski definition) is 5. The van der Waals surface area contributed by atoms with Crippen LogP contribution in [0.5, 0.6) is 5.75 Å². The fourth-order valence-corrected chi connectivity index (χ4v) is 4.71. The largest absolute Gasteiger partial charge is 0.497 e. The molecule has 1 aliphatic carbocycles. The summed E-state index contributed by atoms with van der Waals surface area (Å²) in [6, 6.07) is 17.9. The van der Waals surface area contributed by atoms with Gasteiger partial charge >= 0.3 is 0 Å². The van der Waals surface area contributed by atoms with E-state index in [2.05, 4.69) is 27.8 Å². The van der Waals surface area contributed by atoms with Gasteiger partial charge in [0.05, 0.1) is 12.7 Å². The van der Waals surface area contributed by atoms with Crippen LogP contribution >= 0.6 is 0 Å². The standard InChI is InChI=1S/C27H29FN4O2.C7H6F2/c1-34-23-5-2-4-22(16-23)27(9-10-27)32-13-3-12-31-26(33)24-15-20(6-7-25(24)28)21-14-19(8-11-29)17-30-18-21;1-5-2-6(8)4-7(9)3-5/h2,4-8,11,14-18,32H,3,9-10,12-13,29H2,1H3,(H,31,33);2-4H,1H3/b11-8-;. The van der Waals surface area contributed by atoms with E-state index < -0.39 is 23.4 Å². The van der Waals surface area contributed by atoms with Gasteiger partial charge in [-0.2, -0.15) is 0 Å². The van der Waals surface area contributed by atoms with Crippen molar-refractivity contribution in [2.75, 3.05) is 20.2 Å². The molecular weight excluding hydrogens is 553 g/mol. The number of carbonyl (C=O) groups is 1.